The molecular weight excluding hydrogens is 354 g/mol. The third-order valence-electron chi connectivity index (χ3n) is 4.06. The maximum absolute atomic E-state index is 12.4. The molecule has 0 saturated heterocycles. The Kier molecular flexibility index (Phi) is 6.25. The van der Waals surface area contributed by atoms with E-state index in [1.807, 2.05) is 72.8 Å². The van der Waals surface area contributed by atoms with Gasteiger partial charge < -0.3 is 15.8 Å². The van der Waals surface area contributed by atoms with Crippen LogP contribution in [-0.4, -0.2) is 11.9 Å². The lowest BCUT2D eigenvalue weighted by atomic mass is 10.1. The van der Waals surface area contributed by atoms with Gasteiger partial charge in [-0.3, -0.25) is 10.1 Å². The summed E-state index contributed by atoms with van der Waals surface area (Å²) >= 11 is 0. The van der Waals surface area contributed by atoms with Crippen molar-refractivity contribution in [2.24, 2.45) is 5.73 Å². The van der Waals surface area contributed by atoms with Crippen molar-refractivity contribution in [2.45, 2.75) is 12.6 Å². The van der Waals surface area contributed by atoms with E-state index in [1.165, 1.54) is 0 Å². The topological polar surface area (TPSA) is 93.5 Å². The average molecular weight is 375 g/mol. The molecule has 1 unspecified atom stereocenters. The quantitative estimate of drug-likeness (QED) is 0.588. The van der Waals surface area contributed by atoms with Crippen molar-refractivity contribution in [3.63, 3.8) is 0 Å². The van der Waals surface area contributed by atoms with Gasteiger partial charge in [0.25, 0.3) is 5.91 Å². The van der Waals surface area contributed by atoms with Gasteiger partial charge in [0.2, 0.25) is 0 Å². The molecule has 0 fully saturated rings. The van der Waals surface area contributed by atoms with Crippen molar-refractivity contribution in [1.82, 2.24) is 5.32 Å². The molecule has 0 aliphatic rings. The Balaban J connectivity index is 1.68. The molecule has 0 aromatic heterocycles. The highest BCUT2D eigenvalue weighted by Gasteiger charge is 2.21. The number of urea groups is 1. The van der Waals surface area contributed by atoms with Crippen LogP contribution in [0.25, 0.3) is 0 Å². The Morgan fingerprint density at radius 3 is 2.07 bits per heavy atom. The molecule has 0 aliphatic heterocycles. The minimum atomic E-state index is -0.891. The number of benzene rings is 3. The molecule has 0 aliphatic carbocycles. The number of hydrogen-bond acceptors (Lipinski definition) is 4. The van der Waals surface area contributed by atoms with E-state index in [4.69, 9.17) is 10.5 Å². The number of primary amides is 1. The standard InChI is InChI=1S/C22H21N3O3/c23-22(27)25-21(26)20(17-9-5-2-6-10-17)24-18-11-13-19(14-12-18)28-15-16-7-3-1-4-8-16/h1-14,20,24H,15H2,(H3,23,25,26,27). The molecule has 6 nitrogen and oxygen atoms in total. The first kappa shape index (κ1) is 19.0. The number of nitrogens with two attached hydrogens (primary N) is 1. The Hall–Kier alpha value is -3.80. The second-order valence-corrected chi connectivity index (χ2v) is 6.14. The fourth-order valence-electron chi connectivity index (χ4n) is 2.69. The van der Waals surface area contributed by atoms with Crippen LogP contribution in [0, 0.1) is 0 Å². The molecule has 6 heteroatoms. The lowest BCUT2D eigenvalue weighted by molar-refractivity contribution is -0.120. The van der Waals surface area contributed by atoms with Gasteiger partial charge in [0.1, 0.15) is 18.4 Å². The molecule has 0 heterocycles. The van der Waals surface area contributed by atoms with Crippen LogP contribution >= 0.6 is 0 Å². The first-order valence-electron chi connectivity index (χ1n) is 8.80. The van der Waals surface area contributed by atoms with Gasteiger partial charge in [-0.1, -0.05) is 60.7 Å². The van der Waals surface area contributed by atoms with Crippen molar-refractivity contribution in [1.29, 1.82) is 0 Å². The molecule has 142 valence electrons. The SMILES string of the molecule is NC(=O)NC(=O)C(Nc1ccc(OCc2ccccc2)cc1)c1ccccc1. The molecule has 3 aromatic rings. The molecular formula is C22H21N3O3. The van der Waals surface area contributed by atoms with E-state index in [2.05, 4.69) is 10.6 Å². The third kappa shape index (κ3) is 5.35. The molecule has 1 atom stereocenters. The molecule has 3 aromatic carbocycles. The zero-order valence-electron chi connectivity index (χ0n) is 15.2. The molecule has 28 heavy (non-hydrogen) atoms. The molecule has 3 rings (SSSR count). The second kappa shape index (κ2) is 9.23. The maximum atomic E-state index is 12.4. The summed E-state index contributed by atoms with van der Waals surface area (Å²) in [5.41, 5.74) is 7.59. The summed E-state index contributed by atoms with van der Waals surface area (Å²) in [5, 5.41) is 5.25. The Morgan fingerprint density at radius 1 is 0.857 bits per heavy atom. The van der Waals surface area contributed by atoms with Gasteiger partial charge in [-0.2, -0.15) is 0 Å². The summed E-state index contributed by atoms with van der Waals surface area (Å²) in [4.78, 5) is 23.5. The van der Waals surface area contributed by atoms with Crippen LogP contribution in [0.3, 0.4) is 0 Å². The fraction of sp³-hybridized carbons (Fsp3) is 0.0909. The largest absolute Gasteiger partial charge is 0.489 e. The second-order valence-electron chi connectivity index (χ2n) is 6.14. The summed E-state index contributed by atoms with van der Waals surface area (Å²) in [7, 11) is 0. The van der Waals surface area contributed by atoms with E-state index in [-0.39, 0.29) is 0 Å². The van der Waals surface area contributed by atoms with Crippen LogP contribution in [0.15, 0.2) is 84.9 Å². The highest BCUT2D eigenvalue weighted by molar-refractivity contribution is 5.98. The minimum absolute atomic E-state index is 0.473. The van der Waals surface area contributed by atoms with Crippen molar-refractivity contribution in [3.8, 4) is 5.75 Å². The number of anilines is 1. The number of nitrogens with one attached hydrogen (secondary N) is 2. The Morgan fingerprint density at radius 2 is 1.46 bits per heavy atom. The van der Waals surface area contributed by atoms with Gasteiger partial charge in [-0.15, -0.1) is 0 Å². The van der Waals surface area contributed by atoms with Gasteiger partial charge in [0.05, 0.1) is 0 Å². The lowest BCUT2D eigenvalue weighted by Crippen LogP contribution is -2.40. The number of hydrogen-bond donors (Lipinski definition) is 3. The molecule has 3 amide bonds. The zero-order chi connectivity index (χ0) is 19.8. The summed E-state index contributed by atoms with van der Waals surface area (Å²) in [6.45, 7) is 0.473. The molecule has 4 N–H and O–H groups in total. The number of imide groups is 1. The van der Waals surface area contributed by atoms with Crippen molar-refractivity contribution in [2.75, 3.05) is 5.32 Å². The van der Waals surface area contributed by atoms with E-state index in [0.29, 0.717) is 23.6 Å². The monoisotopic (exact) mass is 375 g/mol. The number of carbonyl (C=O) groups excluding carboxylic acids is 2. The van der Waals surface area contributed by atoms with Crippen LogP contribution in [-0.2, 0) is 11.4 Å². The van der Waals surface area contributed by atoms with Crippen LogP contribution < -0.4 is 21.1 Å². The first-order chi connectivity index (χ1) is 13.6. The number of ether oxygens (including phenoxy) is 1. The van der Waals surface area contributed by atoms with Gasteiger partial charge in [-0.25, -0.2) is 4.79 Å². The predicted octanol–water partition coefficient (Wildman–Crippen LogP) is 3.61. The van der Waals surface area contributed by atoms with Crippen LogP contribution in [0.5, 0.6) is 5.75 Å². The summed E-state index contributed by atoms with van der Waals surface area (Å²) in [6, 6.07) is 24.6. The molecule has 0 saturated carbocycles. The zero-order valence-corrected chi connectivity index (χ0v) is 15.2. The number of carbonyl (C=O) groups is 2. The van der Waals surface area contributed by atoms with Crippen molar-refractivity contribution < 1.29 is 14.3 Å². The van der Waals surface area contributed by atoms with Crippen LogP contribution in [0.1, 0.15) is 17.2 Å². The van der Waals surface area contributed by atoms with Gasteiger partial charge in [-0.05, 0) is 35.4 Å². The normalized spacial score (nSPS) is 11.3. The van der Waals surface area contributed by atoms with Crippen LogP contribution in [0.4, 0.5) is 10.5 Å². The van der Waals surface area contributed by atoms with E-state index in [1.54, 1.807) is 12.1 Å². The third-order valence-corrected chi connectivity index (χ3v) is 4.06. The minimum Gasteiger partial charge on any atom is -0.489 e. The summed E-state index contributed by atoms with van der Waals surface area (Å²) in [5.74, 6) is 0.190. The van der Waals surface area contributed by atoms with Gasteiger partial charge in [0.15, 0.2) is 0 Å². The highest BCUT2D eigenvalue weighted by Crippen LogP contribution is 2.22. The van der Waals surface area contributed by atoms with Crippen molar-refractivity contribution >= 4 is 17.6 Å². The van der Waals surface area contributed by atoms with E-state index in [0.717, 1.165) is 5.56 Å². The number of amides is 3. The smallest absolute Gasteiger partial charge is 0.318 e. The van der Waals surface area contributed by atoms with E-state index < -0.39 is 18.0 Å². The summed E-state index contributed by atoms with van der Waals surface area (Å²) < 4.78 is 5.77. The number of rotatable bonds is 7. The lowest BCUT2D eigenvalue weighted by Gasteiger charge is -2.19. The predicted molar refractivity (Wildman–Crippen MR) is 108 cm³/mol. The van der Waals surface area contributed by atoms with Gasteiger partial charge >= 0.3 is 6.03 Å². The molecule has 0 bridgehead atoms. The van der Waals surface area contributed by atoms with E-state index in [9.17, 15) is 9.59 Å². The van der Waals surface area contributed by atoms with E-state index >= 15 is 0 Å². The van der Waals surface area contributed by atoms with Crippen molar-refractivity contribution in [3.05, 3.63) is 96.1 Å². The average Bonchev–Trinajstić information content (AvgIpc) is 2.72. The van der Waals surface area contributed by atoms with Crippen LogP contribution in [0.2, 0.25) is 0 Å². The Bertz CT molecular complexity index is 913. The van der Waals surface area contributed by atoms with Gasteiger partial charge in [0, 0.05) is 5.69 Å². The maximum Gasteiger partial charge on any atom is 0.318 e. The fourth-order valence-corrected chi connectivity index (χ4v) is 2.69. The Labute approximate surface area is 163 Å². The molecule has 0 spiro atoms. The summed E-state index contributed by atoms with van der Waals surface area (Å²) in [6.07, 6.45) is 0. The highest BCUT2D eigenvalue weighted by atomic mass is 16.5. The molecule has 0 radical (unpaired) electrons. The first-order valence-corrected chi connectivity index (χ1v) is 8.80.